The molecule has 3 aromatic carbocycles. The molecule has 4 nitrogen and oxygen atoms in total. The molecule has 0 spiro atoms. The highest BCUT2D eigenvalue weighted by Crippen LogP contribution is 2.30. The highest BCUT2D eigenvalue weighted by atomic mass is 32.2. The first kappa shape index (κ1) is 18.7. The Morgan fingerprint density at radius 2 is 1.79 bits per heavy atom. The van der Waals surface area contributed by atoms with Crippen LogP contribution in [0.3, 0.4) is 0 Å². The Morgan fingerprint density at radius 3 is 2.64 bits per heavy atom. The molecule has 0 unspecified atom stereocenters. The zero-order chi connectivity index (χ0) is 19.3. The monoisotopic (exact) mass is 405 g/mol. The number of aryl methyl sites for hydroxylation is 1. The van der Waals surface area contributed by atoms with Crippen LogP contribution in [0.4, 0.5) is 5.13 Å². The normalized spacial score (nSPS) is 10.9. The van der Waals surface area contributed by atoms with E-state index in [9.17, 15) is 4.79 Å². The first-order valence-corrected chi connectivity index (χ1v) is 10.8. The van der Waals surface area contributed by atoms with Gasteiger partial charge in [-0.15, -0.1) is 10.2 Å². The van der Waals surface area contributed by atoms with Crippen molar-refractivity contribution in [3.8, 4) is 0 Å². The van der Waals surface area contributed by atoms with Gasteiger partial charge >= 0.3 is 0 Å². The highest BCUT2D eigenvalue weighted by molar-refractivity contribution is 8.00. The number of hydrogen-bond acceptors (Lipinski definition) is 6. The minimum atomic E-state index is 0.0418. The van der Waals surface area contributed by atoms with Crippen LogP contribution in [0.2, 0.25) is 0 Å². The zero-order valence-corrected chi connectivity index (χ0v) is 17.0. The van der Waals surface area contributed by atoms with Crippen molar-refractivity contribution < 1.29 is 4.79 Å². The van der Waals surface area contributed by atoms with Gasteiger partial charge in [-0.3, -0.25) is 4.79 Å². The number of Topliss-reactive ketones (excluding diaryl/α,β-unsaturated/α-hetero) is 1. The SMILES string of the molecule is Cc1ccc(C(=O)CNc2nnc(SCc3cccc4ccccc34)s2)cc1. The van der Waals surface area contributed by atoms with E-state index < -0.39 is 0 Å². The van der Waals surface area contributed by atoms with E-state index in [1.807, 2.05) is 31.2 Å². The summed E-state index contributed by atoms with van der Waals surface area (Å²) in [6, 6.07) is 22.3. The van der Waals surface area contributed by atoms with E-state index in [1.165, 1.54) is 27.7 Å². The summed E-state index contributed by atoms with van der Waals surface area (Å²) in [7, 11) is 0. The average molecular weight is 406 g/mol. The summed E-state index contributed by atoms with van der Waals surface area (Å²) in [4.78, 5) is 12.3. The van der Waals surface area contributed by atoms with E-state index >= 15 is 0 Å². The molecule has 0 fully saturated rings. The fourth-order valence-electron chi connectivity index (χ4n) is 2.89. The molecule has 140 valence electrons. The Bertz CT molecular complexity index is 1100. The summed E-state index contributed by atoms with van der Waals surface area (Å²) in [6.07, 6.45) is 0. The van der Waals surface area contributed by atoms with Crippen LogP contribution >= 0.6 is 23.1 Å². The third-order valence-corrected chi connectivity index (χ3v) is 6.47. The summed E-state index contributed by atoms with van der Waals surface area (Å²) in [5, 5.41) is 14.7. The molecule has 4 rings (SSSR count). The minimum Gasteiger partial charge on any atom is -0.353 e. The molecule has 1 N–H and O–H groups in total. The first-order chi connectivity index (χ1) is 13.7. The van der Waals surface area contributed by atoms with Gasteiger partial charge in [0.25, 0.3) is 0 Å². The zero-order valence-electron chi connectivity index (χ0n) is 15.4. The predicted octanol–water partition coefficient (Wildman–Crippen LogP) is 5.59. The molecule has 28 heavy (non-hydrogen) atoms. The lowest BCUT2D eigenvalue weighted by atomic mass is 10.1. The molecule has 0 aliphatic carbocycles. The topological polar surface area (TPSA) is 54.9 Å². The minimum absolute atomic E-state index is 0.0418. The molecule has 0 aliphatic rings. The quantitative estimate of drug-likeness (QED) is 0.321. The maximum Gasteiger partial charge on any atom is 0.206 e. The second kappa shape index (κ2) is 8.54. The second-order valence-electron chi connectivity index (χ2n) is 6.44. The van der Waals surface area contributed by atoms with Gasteiger partial charge in [0, 0.05) is 11.3 Å². The maximum absolute atomic E-state index is 12.3. The van der Waals surface area contributed by atoms with E-state index in [0.717, 1.165) is 15.7 Å². The average Bonchev–Trinajstić information content (AvgIpc) is 3.19. The van der Waals surface area contributed by atoms with Gasteiger partial charge in [-0.25, -0.2) is 0 Å². The Hall–Kier alpha value is -2.70. The Balaban J connectivity index is 1.35. The van der Waals surface area contributed by atoms with Crippen molar-refractivity contribution in [2.45, 2.75) is 17.0 Å². The van der Waals surface area contributed by atoms with Crippen LogP contribution < -0.4 is 5.32 Å². The number of nitrogens with zero attached hydrogens (tertiary/aromatic N) is 2. The molecule has 1 heterocycles. The van der Waals surface area contributed by atoms with Crippen molar-refractivity contribution in [3.63, 3.8) is 0 Å². The Labute approximate surface area is 172 Å². The molecular weight excluding hydrogens is 386 g/mol. The summed E-state index contributed by atoms with van der Waals surface area (Å²) in [5.41, 5.74) is 3.12. The van der Waals surface area contributed by atoms with Gasteiger partial charge in [0.2, 0.25) is 5.13 Å². The van der Waals surface area contributed by atoms with Gasteiger partial charge in [-0.05, 0) is 23.3 Å². The first-order valence-electron chi connectivity index (χ1n) is 8.96. The number of carbonyl (C=O) groups is 1. The van der Waals surface area contributed by atoms with Crippen molar-refractivity contribution in [2.24, 2.45) is 0 Å². The molecular formula is C22H19N3OS2. The number of thioether (sulfide) groups is 1. The van der Waals surface area contributed by atoms with E-state index in [-0.39, 0.29) is 12.3 Å². The van der Waals surface area contributed by atoms with Crippen LogP contribution in [0.1, 0.15) is 21.5 Å². The van der Waals surface area contributed by atoms with E-state index in [0.29, 0.717) is 10.7 Å². The summed E-state index contributed by atoms with van der Waals surface area (Å²) >= 11 is 3.14. The fraction of sp³-hybridized carbons (Fsp3) is 0.136. The van der Waals surface area contributed by atoms with Crippen molar-refractivity contribution in [1.29, 1.82) is 0 Å². The molecule has 1 aromatic heterocycles. The van der Waals surface area contributed by atoms with Crippen LogP contribution in [0, 0.1) is 6.92 Å². The third kappa shape index (κ3) is 4.40. The van der Waals surface area contributed by atoms with Crippen molar-refractivity contribution >= 4 is 44.8 Å². The van der Waals surface area contributed by atoms with Crippen molar-refractivity contribution in [2.75, 3.05) is 11.9 Å². The van der Waals surface area contributed by atoms with Crippen molar-refractivity contribution in [1.82, 2.24) is 10.2 Å². The molecule has 0 atom stereocenters. The van der Waals surface area contributed by atoms with Gasteiger partial charge < -0.3 is 5.32 Å². The van der Waals surface area contributed by atoms with Gasteiger partial charge in [0.1, 0.15) is 0 Å². The number of rotatable bonds is 7. The molecule has 0 amide bonds. The lowest BCUT2D eigenvalue weighted by molar-refractivity contribution is 0.101. The van der Waals surface area contributed by atoms with Gasteiger partial charge in [-0.2, -0.15) is 0 Å². The fourth-order valence-corrected chi connectivity index (χ4v) is 4.65. The van der Waals surface area contributed by atoms with E-state index in [1.54, 1.807) is 11.8 Å². The molecule has 0 aliphatic heterocycles. The lowest BCUT2D eigenvalue weighted by Crippen LogP contribution is -2.13. The smallest absolute Gasteiger partial charge is 0.206 e. The standard InChI is InChI=1S/C22H19N3OS2/c1-15-9-11-17(12-10-15)20(26)13-23-21-24-25-22(28-21)27-14-18-7-4-6-16-5-2-3-8-19(16)18/h2-12H,13-14H2,1H3,(H,23,24). The van der Waals surface area contributed by atoms with Crippen LogP contribution in [0.15, 0.2) is 71.1 Å². The van der Waals surface area contributed by atoms with Gasteiger partial charge in [-0.1, -0.05) is 95.4 Å². The molecule has 0 saturated heterocycles. The van der Waals surface area contributed by atoms with E-state index in [4.69, 9.17) is 0 Å². The van der Waals surface area contributed by atoms with Gasteiger partial charge in [0.15, 0.2) is 10.1 Å². The largest absolute Gasteiger partial charge is 0.353 e. The molecule has 4 aromatic rings. The Kier molecular flexibility index (Phi) is 5.69. The van der Waals surface area contributed by atoms with Crippen LogP contribution in [-0.2, 0) is 5.75 Å². The maximum atomic E-state index is 12.3. The number of anilines is 1. The van der Waals surface area contributed by atoms with Crippen molar-refractivity contribution in [3.05, 3.63) is 83.4 Å². The number of ketones is 1. The van der Waals surface area contributed by atoms with Gasteiger partial charge in [0.05, 0.1) is 6.54 Å². The molecule has 0 saturated carbocycles. The number of hydrogen-bond donors (Lipinski definition) is 1. The highest BCUT2D eigenvalue weighted by Gasteiger charge is 2.09. The number of benzene rings is 3. The van der Waals surface area contributed by atoms with Crippen LogP contribution in [0.5, 0.6) is 0 Å². The van der Waals surface area contributed by atoms with Crippen LogP contribution in [-0.4, -0.2) is 22.5 Å². The summed E-state index contributed by atoms with van der Waals surface area (Å²) < 4.78 is 0.887. The van der Waals surface area contributed by atoms with E-state index in [2.05, 4.69) is 58.0 Å². The number of nitrogens with one attached hydrogen (secondary N) is 1. The molecule has 0 bridgehead atoms. The van der Waals surface area contributed by atoms with Crippen LogP contribution in [0.25, 0.3) is 10.8 Å². The predicted molar refractivity (Wildman–Crippen MR) is 117 cm³/mol. The Morgan fingerprint density at radius 1 is 1.00 bits per heavy atom. The molecule has 6 heteroatoms. The molecule has 0 radical (unpaired) electrons. The third-order valence-electron chi connectivity index (χ3n) is 4.41. The summed E-state index contributed by atoms with van der Waals surface area (Å²) in [5.74, 6) is 0.873. The number of aromatic nitrogens is 2. The summed E-state index contributed by atoms with van der Waals surface area (Å²) in [6.45, 7) is 2.22. The number of fused-ring (bicyclic) bond motifs is 1. The number of carbonyl (C=O) groups excluding carboxylic acids is 1. The second-order valence-corrected chi connectivity index (χ2v) is 8.64. The lowest BCUT2D eigenvalue weighted by Gasteiger charge is -2.04.